The zero-order valence-electron chi connectivity index (χ0n) is 12.5. The lowest BCUT2D eigenvalue weighted by Gasteiger charge is -2.27. The van der Waals surface area contributed by atoms with Crippen LogP contribution in [0.15, 0.2) is 24.3 Å². The summed E-state index contributed by atoms with van der Waals surface area (Å²) < 4.78 is 0. The van der Waals surface area contributed by atoms with E-state index in [2.05, 4.69) is 48.3 Å². The van der Waals surface area contributed by atoms with E-state index in [0.717, 1.165) is 12.5 Å². The van der Waals surface area contributed by atoms with Crippen LogP contribution in [0, 0.1) is 12.8 Å². The van der Waals surface area contributed by atoms with Crippen LogP contribution in [0.4, 0.5) is 5.69 Å². The number of anilines is 1. The zero-order valence-corrected chi connectivity index (χ0v) is 12.5. The second kappa shape index (κ2) is 7.54. The monoisotopic (exact) mass is 260 g/mol. The van der Waals surface area contributed by atoms with E-state index in [1.807, 2.05) is 0 Å². The Balaban J connectivity index is 1.81. The first-order valence-corrected chi connectivity index (χ1v) is 7.82. The lowest BCUT2D eigenvalue weighted by atomic mass is 9.94. The highest BCUT2D eigenvalue weighted by atomic mass is 15.1. The Hall–Kier alpha value is -1.02. The molecule has 1 unspecified atom stereocenters. The van der Waals surface area contributed by atoms with Crippen molar-refractivity contribution < 1.29 is 0 Å². The third-order valence-corrected chi connectivity index (χ3v) is 4.28. The average Bonchev–Trinajstić information content (AvgIpc) is 2.46. The molecule has 1 heterocycles. The molecule has 2 nitrogen and oxygen atoms in total. The van der Waals surface area contributed by atoms with Crippen LogP contribution >= 0.6 is 0 Å². The van der Waals surface area contributed by atoms with Gasteiger partial charge in [0, 0.05) is 18.8 Å². The number of benzene rings is 1. The van der Waals surface area contributed by atoms with Crippen molar-refractivity contribution in [3.8, 4) is 0 Å². The molecule has 0 spiro atoms. The van der Waals surface area contributed by atoms with Crippen LogP contribution in [0.1, 0.15) is 38.2 Å². The van der Waals surface area contributed by atoms with Crippen LogP contribution < -0.4 is 10.2 Å². The molecule has 0 amide bonds. The molecule has 0 bridgehead atoms. The largest absolute Gasteiger partial charge is 0.372 e. The second-order valence-electron chi connectivity index (χ2n) is 5.72. The molecule has 1 aromatic carbocycles. The number of rotatable bonds is 6. The van der Waals surface area contributed by atoms with E-state index in [1.54, 1.807) is 0 Å². The Kier molecular flexibility index (Phi) is 5.71. The molecule has 1 aliphatic heterocycles. The molecule has 1 saturated heterocycles. The van der Waals surface area contributed by atoms with E-state index in [9.17, 15) is 0 Å². The number of aryl methyl sites for hydroxylation is 1. The van der Waals surface area contributed by atoms with Crippen LogP contribution in [0.3, 0.4) is 0 Å². The van der Waals surface area contributed by atoms with E-state index >= 15 is 0 Å². The molecule has 0 radical (unpaired) electrons. The zero-order chi connectivity index (χ0) is 13.5. The van der Waals surface area contributed by atoms with Gasteiger partial charge in [0.1, 0.15) is 0 Å². The fourth-order valence-electron chi connectivity index (χ4n) is 3.11. The number of nitrogens with zero attached hydrogens (tertiary/aromatic N) is 1. The van der Waals surface area contributed by atoms with Gasteiger partial charge >= 0.3 is 0 Å². The Bertz CT molecular complexity index is 369. The van der Waals surface area contributed by atoms with Crippen molar-refractivity contribution in [2.75, 3.05) is 31.1 Å². The van der Waals surface area contributed by atoms with Crippen molar-refractivity contribution in [1.82, 2.24) is 5.32 Å². The first-order valence-electron chi connectivity index (χ1n) is 7.82. The summed E-state index contributed by atoms with van der Waals surface area (Å²) in [6, 6.07) is 8.74. The molecule has 2 heteroatoms. The normalized spacial score (nSPS) is 19.4. The molecule has 1 aliphatic rings. The van der Waals surface area contributed by atoms with Crippen LogP contribution in [-0.4, -0.2) is 26.2 Å². The fourth-order valence-corrected chi connectivity index (χ4v) is 3.11. The van der Waals surface area contributed by atoms with Gasteiger partial charge < -0.3 is 10.2 Å². The molecular weight excluding hydrogens is 232 g/mol. The first kappa shape index (κ1) is 14.4. The number of nitrogens with one attached hydrogen (secondary N) is 1. The standard InChI is InChI=1S/C17H28N2/c1-3-19(17-11-5-4-8-15(17)2)13-7-10-16-9-6-12-18-14-16/h4-5,8,11,16,18H,3,6-7,9-10,12-14H2,1-2H3. The summed E-state index contributed by atoms with van der Waals surface area (Å²) in [4.78, 5) is 2.52. The van der Waals surface area contributed by atoms with Crippen molar-refractivity contribution in [3.05, 3.63) is 29.8 Å². The molecule has 106 valence electrons. The van der Waals surface area contributed by atoms with Gasteiger partial charge in [0.05, 0.1) is 0 Å². The van der Waals surface area contributed by atoms with E-state index in [4.69, 9.17) is 0 Å². The maximum absolute atomic E-state index is 3.51. The summed E-state index contributed by atoms with van der Waals surface area (Å²) in [5.74, 6) is 0.907. The molecule has 1 atom stereocenters. The highest BCUT2D eigenvalue weighted by Crippen LogP contribution is 2.21. The minimum atomic E-state index is 0.907. The highest BCUT2D eigenvalue weighted by molar-refractivity contribution is 5.52. The Morgan fingerprint density at radius 3 is 2.84 bits per heavy atom. The number of hydrogen-bond donors (Lipinski definition) is 1. The van der Waals surface area contributed by atoms with Crippen LogP contribution in [0.2, 0.25) is 0 Å². The maximum atomic E-state index is 3.51. The van der Waals surface area contributed by atoms with Crippen molar-refractivity contribution in [2.24, 2.45) is 5.92 Å². The number of hydrogen-bond acceptors (Lipinski definition) is 2. The molecule has 0 aromatic heterocycles. The molecule has 0 aliphatic carbocycles. The average molecular weight is 260 g/mol. The summed E-state index contributed by atoms with van der Waals surface area (Å²) in [6.07, 6.45) is 5.47. The van der Waals surface area contributed by atoms with Gasteiger partial charge in [0.25, 0.3) is 0 Å². The number of para-hydroxylation sites is 1. The highest BCUT2D eigenvalue weighted by Gasteiger charge is 2.13. The number of piperidine rings is 1. The van der Waals surface area contributed by atoms with Crippen LogP contribution in [-0.2, 0) is 0 Å². The smallest absolute Gasteiger partial charge is 0.0395 e. The van der Waals surface area contributed by atoms with Gasteiger partial charge in [-0.05, 0) is 70.2 Å². The Morgan fingerprint density at radius 1 is 1.32 bits per heavy atom. The minimum Gasteiger partial charge on any atom is -0.372 e. The molecule has 1 aromatic rings. The lowest BCUT2D eigenvalue weighted by Crippen LogP contribution is -2.31. The van der Waals surface area contributed by atoms with E-state index in [0.29, 0.717) is 0 Å². The summed E-state index contributed by atoms with van der Waals surface area (Å²) in [5.41, 5.74) is 2.80. The maximum Gasteiger partial charge on any atom is 0.0395 e. The summed E-state index contributed by atoms with van der Waals surface area (Å²) in [5, 5.41) is 3.51. The lowest BCUT2D eigenvalue weighted by molar-refractivity contribution is 0.351. The predicted octanol–water partition coefficient (Wildman–Crippen LogP) is 3.60. The quantitative estimate of drug-likeness (QED) is 0.840. The third-order valence-electron chi connectivity index (χ3n) is 4.28. The van der Waals surface area contributed by atoms with Gasteiger partial charge in [-0.3, -0.25) is 0 Å². The molecule has 2 rings (SSSR count). The summed E-state index contributed by atoms with van der Waals surface area (Å²) >= 11 is 0. The van der Waals surface area contributed by atoms with Crippen molar-refractivity contribution >= 4 is 5.69 Å². The van der Waals surface area contributed by atoms with Crippen molar-refractivity contribution in [3.63, 3.8) is 0 Å². The van der Waals surface area contributed by atoms with Gasteiger partial charge in [0.2, 0.25) is 0 Å². The van der Waals surface area contributed by atoms with Crippen LogP contribution in [0.25, 0.3) is 0 Å². The molecular formula is C17H28N2. The van der Waals surface area contributed by atoms with Gasteiger partial charge in [-0.25, -0.2) is 0 Å². The SMILES string of the molecule is CCN(CCCC1CCCNC1)c1ccccc1C. The Labute approximate surface area is 118 Å². The van der Waals surface area contributed by atoms with Gasteiger partial charge in [-0.1, -0.05) is 18.2 Å². The van der Waals surface area contributed by atoms with E-state index in [1.165, 1.54) is 56.6 Å². The van der Waals surface area contributed by atoms with Gasteiger partial charge in [-0.2, -0.15) is 0 Å². The van der Waals surface area contributed by atoms with E-state index < -0.39 is 0 Å². The summed E-state index contributed by atoms with van der Waals surface area (Å²) in [7, 11) is 0. The fraction of sp³-hybridized carbons (Fsp3) is 0.647. The van der Waals surface area contributed by atoms with Gasteiger partial charge in [0.15, 0.2) is 0 Å². The van der Waals surface area contributed by atoms with Crippen molar-refractivity contribution in [1.29, 1.82) is 0 Å². The van der Waals surface area contributed by atoms with Gasteiger partial charge in [-0.15, -0.1) is 0 Å². The molecule has 1 fully saturated rings. The van der Waals surface area contributed by atoms with E-state index in [-0.39, 0.29) is 0 Å². The molecule has 1 N–H and O–H groups in total. The predicted molar refractivity (Wildman–Crippen MR) is 83.9 cm³/mol. The minimum absolute atomic E-state index is 0.907. The molecule has 0 saturated carbocycles. The summed E-state index contributed by atoms with van der Waals surface area (Å²) in [6.45, 7) is 9.22. The van der Waals surface area contributed by atoms with Crippen LogP contribution in [0.5, 0.6) is 0 Å². The topological polar surface area (TPSA) is 15.3 Å². The third kappa shape index (κ3) is 4.24. The molecule has 19 heavy (non-hydrogen) atoms. The first-order chi connectivity index (χ1) is 9.31. The van der Waals surface area contributed by atoms with Crippen molar-refractivity contribution in [2.45, 2.75) is 39.5 Å². The second-order valence-corrected chi connectivity index (χ2v) is 5.72. The Morgan fingerprint density at radius 2 is 2.16 bits per heavy atom.